The third-order valence-electron chi connectivity index (χ3n) is 8.18. The van der Waals surface area contributed by atoms with Gasteiger partial charge in [-0.3, -0.25) is 19.2 Å². The molecule has 13 heteroatoms. The standard InChI is InChI=1S/C39H40ClFN4O7/c1-3-45-18-19-50-33-15-8-7-14-30(33)37(47)44-31(23-36(46)43-32(39(45)49)20-26-10-5-4-6-11-26)38(48)42-25(2)24-51-34-17-16-28(41)22-35(34)52-29-13-9-12-27(40)21-29/h4-17,21-22,25,31-32H,3,18-20,23-24H2,1-2H3,(H,42,48)(H,43,46)(H,44,47)/t25-,31+,32+/m1/s1. The van der Waals surface area contributed by atoms with Gasteiger partial charge in [-0.25, -0.2) is 4.39 Å². The van der Waals surface area contributed by atoms with Crippen LogP contribution in [-0.4, -0.2) is 73.0 Å². The molecule has 0 saturated heterocycles. The van der Waals surface area contributed by atoms with E-state index in [9.17, 15) is 23.6 Å². The number of fused-ring (bicyclic) bond motifs is 1. The summed E-state index contributed by atoms with van der Waals surface area (Å²) < 4.78 is 31.8. The molecule has 4 aromatic carbocycles. The van der Waals surface area contributed by atoms with E-state index in [1.54, 1.807) is 60.4 Å². The van der Waals surface area contributed by atoms with E-state index >= 15 is 0 Å². The molecule has 272 valence electrons. The largest absolute Gasteiger partial charge is 0.491 e. The summed E-state index contributed by atoms with van der Waals surface area (Å²) in [6, 6.07) is 23.2. The molecule has 1 aliphatic heterocycles. The second-order valence-corrected chi connectivity index (χ2v) is 12.6. The fraction of sp³-hybridized carbons (Fsp3) is 0.282. The first-order chi connectivity index (χ1) is 25.1. The van der Waals surface area contributed by atoms with Crippen LogP contribution in [0.5, 0.6) is 23.0 Å². The zero-order valence-electron chi connectivity index (χ0n) is 28.8. The highest BCUT2D eigenvalue weighted by Crippen LogP contribution is 2.33. The summed E-state index contributed by atoms with van der Waals surface area (Å²) in [6.07, 6.45) is -0.246. The number of benzene rings is 4. The molecular formula is C39H40ClFN4O7. The summed E-state index contributed by atoms with van der Waals surface area (Å²) in [4.78, 5) is 56.2. The van der Waals surface area contributed by atoms with E-state index < -0.39 is 48.1 Å². The number of para-hydroxylation sites is 1. The van der Waals surface area contributed by atoms with Crippen molar-refractivity contribution in [2.45, 2.75) is 44.8 Å². The first-order valence-electron chi connectivity index (χ1n) is 16.9. The van der Waals surface area contributed by atoms with Crippen LogP contribution in [0.2, 0.25) is 5.02 Å². The number of carbonyl (C=O) groups is 4. The predicted molar refractivity (Wildman–Crippen MR) is 193 cm³/mol. The summed E-state index contributed by atoms with van der Waals surface area (Å²) in [5.74, 6) is -1.80. The monoisotopic (exact) mass is 730 g/mol. The van der Waals surface area contributed by atoms with E-state index in [1.807, 2.05) is 37.3 Å². The van der Waals surface area contributed by atoms with Crippen molar-refractivity contribution >= 4 is 35.2 Å². The molecule has 4 amide bonds. The molecule has 5 rings (SSSR count). The smallest absolute Gasteiger partial charge is 0.255 e. The minimum atomic E-state index is -1.34. The first kappa shape index (κ1) is 37.6. The van der Waals surface area contributed by atoms with Gasteiger partial charge in [-0.05, 0) is 61.9 Å². The van der Waals surface area contributed by atoms with Gasteiger partial charge in [0.1, 0.15) is 42.6 Å². The van der Waals surface area contributed by atoms with Gasteiger partial charge in [-0.1, -0.05) is 60.1 Å². The second kappa shape index (κ2) is 18.0. The van der Waals surface area contributed by atoms with Gasteiger partial charge in [-0.2, -0.15) is 0 Å². The van der Waals surface area contributed by atoms with E-state index in [2.05, 4.69) is 16.0 Å². The highest BCUT2D eigenvalue weighted by atomic mass is 35.5. The van der Waals surface area contributed by atoms with Crippen molar-refractivity contribution in [3.63, 3.8) is 0 Å². The maximum atomic E-state index is 14.1. The Labute approximate surface area is 306 Å². The lowest BCUT2D eigenvalue weighted by Crippen LogP contribution is -2.54. The maximum Gasteiger partial charge on any atom is 0.255 e. The molecule has 1 aliphatic rings. The average Bonchev–Trinajstić information content (AvgIpc) is 3.12. The predicted octanol–water partition coefficient (Wildman–Crippen LogP) is 5.31. The van der Waals surface area contributed by atoms with Gasteiger partial charge in [-0.15, -0.1) is 0 Å². The summed E-state index contributed by atoms with van der Waals surface area (Å²) in [6.45, 7) is 4.11. The molecular weight excluding hydrogens is 691 g/mol. The molecule has 0 saturated carbocycles. The molecule has 0 bridgehead atoms. The number of nitrogens with zero attached hydrogens (tertiary/aromatic N) is 1. The lowest BCUT2D eigenvalue weighted by Gasteiger charge is -2.28. The summed E-state index contributed by atoms with van der Waals surface area (Å²) in [5, 5.41) is 8.71. The van der Waals surface area contributed by atoms with E-state index in [0.717, 1.165) is 5.56 Å². The number of halogens is 2. The number of hydrogen-bond acceptors (Lipinski definition) is 7. The number of nitrogens with one attached hydrogen (secondary N) is 3. The molecule has 0 aliphatic carbocycles. The fourth-order valence-corrected chi connectivity index (χ4v) is 5.74. The fourth-order valence-electron chi connectivity index (χ4n) is 5.56. The second-order valence-electron chi connectivity index (χ2n) is 12.2. The third-order valence-corrected chi connectivity index (χ3v) is 8.41. The molecule has 0 unspecified atom stereocenters. The molecule has 3 atom stereocenters. The van der Waals surface area contributed by atoms with Crippen LogP contribution < -0.4 is 30.2 Å². The van der Waals surface area contributed by atoms with Gasteiger partial charge in [0.05, 0.1) is 24.6 Å². The quantitative estimate of drug-likeness (QED) is 0.201. The van der Waals surface area contributed by atoms with Crippen LogP contribution in [0.4, 0.5) is 4.39 Å². The Kier molecular flexibility index (Phi) is 13.1. The van der Waals surface area contributed by atoms with Gasteiger partial charge in [0.2, 0.25) is 17.7 Å². The van der Waals surface area contributed by atoms with Crippen molar-refractivity contribution in [3.05, 3.63) is 119 Å². The van der Waals surface area contributed by atoms with Gasteiger partial charge < -0.3 is 35.1 Å². The Morgan fingerprint density at radius 2 is 1.75 bits per heavy atom. The zero-order chi connectivity index (χ0) is 37.0. The molecule has 0 fully saturated rings. The van der Waals surface area contributed by atoms with Crippen LogP contribution in [0.1, 0.15) is 36.2 Å². The Balaban J connectivity index is 1.33. The molecule has 0 aromatic heterocycles. The first-order valence-corrected chi connectivity index (χ1v) is 17.3. The Bertz CT molecular complexity index is 1880. The number of likely N-dealkylation sites (N-methyl/N-ethyl adjacent to an activating group) is 1. The van der Waals surface area contributed by atoms with Crippen LogP contribution in [-0.2, 0) is 20.8 Å². The van der Waals surface area contributed by atoms with Crippen LogP contribution in [0.25, 0.3) is 0 Å². The van der Waals surface area contributed by atoms with Crippen molar-refractivity contribution < 1.29 is 37.8 Å². The van der Waals surface area contributed by atoms with Gasteiger partial charge in [0, 0.05) is 24.1 Å². The van der Waals surface area contributed by atoms with E-state index in [1.165, 1.54) is 18.2 Å². The number of ether oxygens (including phenoxy) is 3. The number of hydrogen-bond donors (Lipinski definition) is 3. The van der Waals surface area contributed by atoms with Crippen molar-refractivity contribution in [1.82, 2.24) is 20.9 Å². The number of carbonyl (C=O) groups excluding carboxylic acids is 4. The molecule has 3 N–H and O–H groups in total. The Morgan fingerprint density at radius 1 is 0.981 bits per heavy atom. The van der Waals surface area contributed by atoms with Gasteiger partial charge in [0.25, 0.3) is 5.91 Å². The van der Waals surface area contributed by atoms with Gasteiger partial charge in [0.15, 0.2) is 11.5 Å². The SMILES string of the molecule is CCN1CCOc2ccccc2C(=O)N[C@H](C(=O)N[C@H](C)COc2ccc(F)cc2Oc2cccc(Cl)c2)CC(=O)N[C@@H](Cc2ccccc2)C1=O. The summed E-state index contributed by atoms with van der Waals surface area (Å²) >= 11 is 6.06. The molecule has 1 heterocycles. The summed E-state index contributed by atoms with van der Waals surface area (Å²) in [5.41, 5.74) is 0.996. The molecule has 0 radical (unpaired) electrons. The maximum absolute atomic E-state index is 14.1. The highest BCUT2D eigenvalue weighted by molar-refractivity contribution is 6.30. The van der Waals surface area contributed by atoms with Crippen molar-refractivity contribution in [2.75, 3.05) is 26.3 Å². The van der Waals surface area contributed by atoms with E-state index in [0.29, 0.717) is 17.3 Å². The van der Waals surface area contributed by atoms with Gasteiger partial charge >= 0.3 is 0 Å². The van der Waals surface area contributed by atoms with Crippen LogP contribution >= 0.6 is 11.6 Å². The van der Waals surface area contributed by atoms with Crippen molar-refractivity contribution in [1.29, 1.82) is 0 Å². The molecule has 11 nitrogen and oxygen atoms in total. The topological polar surface area (TPSA) is 135 Å². The van der Waals surface area contributed by atoms with Crippen molar-refractivity contribution in [2.24, 2.45) is 0 Å². The average molecular weight is 731 g/mol. The molecule has 0 spiro atoms. The summed E-state index contributed by atoms with van der Waals surface area (Å²) in [7, 11) is 0. The highest BCUT2D eigenvalue weighted by Gasteiger charge is 2.31. The van der Waals surface area contributed by atoms with E-state index in [-0.39, 0.29) is 54.9 Å². The van der Waals surface area contributed by atoms with Crippen LogP contribution in [0, 0.1) is 5.82 Å². The lowest BCUT2D eigenvalue weighted by molar-refractivity contribution is -0.137. The third kappa shape index (κ3) is 10.5. The minimum Gasteiger partial charge on any atom is -0.491 e. The van der Waals surface area contributed by atoms with Crippen molar-refractivity contribution in [3.8, 4) is 23.0 Å². The minimum absolute atomic E-state index is 0.0761. The Hall–Kier alpha value is -5.62. The zero-order valence-corrected chi connectivity index (χ0v) is 29.5. The molecule has 4 aromatic rings. The van der Waals surface area contributed by atoms with Crippen LogP contribution in [0.3, 0.4) is 0 Å². The van der Waals surface area contributed by atoms with Crippen LogP contribution in [0.15, 0.2) is 97.1 Å². The Morgan fingerprint density at radius 3 is 2.52 bits per heavy atom. The van der Waals surface area contributed by atoms with E-state index in [4.69, 9.17) is 25.8 Å². The lowest BCUT2D eigenvalue weighted by atomic mass is 10.0. The number of amides is 4. The number of rotatable bonds is 10. The normalized spacial score (nSPS) is 17.4. The molecule has 52 heavy (non-hydrogen) atoms.